The van der Waals surface area contributed by atoms with Gasteiger partial charge in [0, 0.05) is 5.02 Å². The molecule has 1 heterocycles. The Labute approximate surface area is 124 Å². The Kier molecular flexibility index (Phi) is 4.90. The van der Waals surface area contributed by atoms with Crippen LogP contribution in [0.3, 0.4) is 0 Å². The molecule has 1 aromatic carbocycles. The molecule has 4 nitrogen and oxygen atoms in total. The van der Waals surface area contributed by atoms with Crippen molar-refractivity contribution in [3.63, 3.8) is 0 Å². The predicted molar refractivity (Wildman–Crippen MR) is 82.2 cm³/mol. The van der Waals surface area contributed by atoms with E-state index in [1.54, 1.807) is 11.0 Å². The van der Waals surface area contributed by atoms with Crippen LogP contribution in [0.25, 0.3) is 0 Å². The van der Waals surface area contributed by atoms with Crippen LogP contribution in [0.2, 0.25) is 5.02 Å². The maximum absolute atomic E-state index is 5.98. The number of rotatable bonds is 7. The topological polar surface area (TPSA) is 43.1 Å². The van der Waals surface area contributed by atoms with Crippen molar-refractivity contribution >= 4 is 18.3 Å². The zero-order valence-electron chi connectivity index (χ0n) is 11.7. The highest BCUT2D eigenvalue weighted by atomic mass is 35.5. The van der Waals surface area contributed by atoms with Crippen LogP contribution in [-0.4, -0.2) is 21.5 Å². The molecule has 1 aromatic heterocycles. The van der Waals surface area contributed by atoms with Gasteiger partial charge in [-0.25, -0.2) is 4.98 Å². The molecular formula is C15H19ClN4. The minimum absolute atomic E-state index is 0.381. The van der Waals surface area contributed by atoms with Crippen molar-refractivity contribution in [3.8, 4) is 0 Å². The number of nitrogens with zero attached hydrogens (tertiary/aromatic N) is 4. The summed E-state index contributed by atoms with van der Waals surface area (Å²) in [7, 11) is 0. The second kappa shape index (κ2) is 6.66. The predicted octanol–water partition coefficient (Wildman–Crippen LogP) is 3.72. The highest BCUT2D eigenvalue weighted by Crippen LogP contribution is 2.33. The summed E-state index contributed by atoms with van der Waals surface area (Å²) in [6.45, 7) is 6.63. The van der Waals surface area contributed by atoms with Crippen molar-refractivity contribution in [2.75, 3.05) is 0 Å². The molecule has 0 aliphatic carbocycles. The van der Waals surface area contributed by atoms with Crippen LogP contribution in [0.1, 0.15) is 31.7 Å². The van der Waals surface area contributed by atoms with Gasteiger partial charge in [0.05, 0.1) is 6.54 Å². The fourth-order valence-corrected chi connectivity index (χ4v) is 2.47. The van der Waals surface area contributed by atoms with Crippen LogP contribution in [0.15, 0.2) is 41.9 Å². The van der Waals surface area contributed by atoms with Crippen LogP contribution >= 0.6 is 11.6 Å². The maximum atomic E-state index is 5.98. The van der Waals surface area contributed by atoms with Gasteiger partial charge in [-0.2, -0.15) is 5.10 Å². The molecule has 0 amide bonds. The van der Waals surface area contributed by atoms with Crippen LogP contribution < -0.4 is 0 Å². The third kappa shape index (κ3) is 3.25. The molecule has 0 spiro atoms. The monoisotopic (exact) mass is 290 g/mol. The van der Waals surface area contributed by atoms with Crippen LogP contribution in [0, 0.1) is 0 Å². The van der Waals surface area contributed by atoms with E-state index in [4.69, 9.17) is 11.6 Å². The van der Waals surface area contributed by atoms with E-state index in [2.05, 4.69) is 28.7 Å². The van der Waals surface area contributed by atoms with E-state index in [1.165, 1.54) is 6.33 Å². The molecule has 0 radical (unpaired) electrons. The van der Waals surface area contributed by atoms with Gasteiger partial charge in [-0.15, -0.1) is 0 Å². The molecule has 2 rings (SSSR count). The summed E-state index contributed by atoms with van der Waals surface area (Å²) < 4.78 is 1.80. The Morgan fingerprint density at radius 1 is 1.35 bits per heavy atom. The zero-order chi connectivity index (χ0) is 14.4. The molecule has 1 unspecified atom stereocenters. The SMILES string of the molecule is C=NC(CCCC)(Cn1cncn1)c1ccc(Cl)cc1. The van der Waals surface area contributed by atoms with E-state index in [-0.39, 0.29) is 5.54 Å². The molecule has 0 saturated carbocycles. The standard InChI is InChI=1S/C15H19ClN4/c1-3-4-9-15(17-2,10-20-12-18-11-19-20)13-5-7-14(16)8-6-13/h5-8,11-12H,2-4,9-10H2,1H3. The third-order valence-corrected chi connectivity index (χ3v) is 3.77. The van der Waals surface area contributed by atoms with E-state index in [9.17, 15) is 0 Å². The summed E-state index contributed by atoms with van der Waals surface area (Å²) >= 11 is 5.98. The van der Waals surface area contributed by atoms with Crippen LogP contribution in [0.5, 0.6) is 0 Å². The summed E-state index contributed by atoms with van der Waals surface area (Å²) in [5.74, 6) is 0. The van der Waals surface area contributed by atoms with Gasteiger partial charge in [-0.1, -0.05) is 43.5 Å². The molecule has 2 aromatic rings. The molecule has 106 valence electrons. The van der Waals surface area contributed by atoms with Crippen molar-refractivity contribution in [2.45, 2.75) is 38.3 Å². The van der Waals surface area contributed by atoms with Gasteiger partial charge in [0.2, 0.25) is 0 Å². The fourth-order valence-electron chi connectivity index (χ4n) is 2.35. The second-order valence-electron chi connectivity index (χ2n) is 4.89. The zero-order valence-corrected chi connectivity index (χ0v) is 12.4. The minimum atomic E-state index is -0.381. The summed E-state index contributed by atoms with van der Waals surface area (Å²) in [5.41, 5.74) is 0.731. The Balaban J connectivity index is 2.35. The largest absolute Gasteiger partial charge is 0.288 e. The van der Waals surface area contributed by atoms with E-state index in [1.807, 2.05) is 24.3 Å². The van der Waals surface area contributed by atoms with Crippen molar-refractivity contribution in [1.82, 2.24) is 14.8 Å². The van der Waals surface area contributed by atoms with Crippen molar-refractivity contribution in [2.24, 2.45) is 4.99 Å². The van der Waals surface area contributed by atoms with E-state index in [0.717, 1.165) is 29.8 Å². The number of halogens is 1. The van der Waals surface area contributed by atoms with Gasteiger partial charge < -0.3 is 0 Å². The Hall–Kier alpha value is -1.68. The quantitative estimate of drug-likeness (QED) is 0.730. The van der Waals surface area contributed by atoms with Crippen LogP contribution in [-0.2, 0) is 12.1 Å². The first-order chi connectivity index (χ1) is 9.70. The lowest BCUT2D eigenvalue weighted by atomic mass is 9.85. The lowest BCUT2D eigenvalue weighted by molar-refractivity contribution is 0.326. The van der Waals surface area contributed by atoms with Gasteiger partial charge in [-0.05, 0) is 30.8 Å². The van der Waals surface area contributed by atoms with Crippen molar-refractivity contribution < 1.29 is 0 Å². The molecule has 1 atom stereocenters. The maximum Gasteiger partial charge on any atom is 0.137 e. The van der Waals surface area contributed by atoms with E-state index < -0.39 is 0 Å². The Morgan fingerprint density at radius 3 is 2.65 bits per heavy atom. The Bertz CT molecular complexity index is 536. The Morgan fingerprint density at radius 2 is 2.10 bits per heavy atom. The first kappa shape index (κ1) is 14.7. The number of aromatic nitrogens is 3. The van der Waals surface area contributed by atoms with Crippen molar-refractivity contribution in [1.29, 1.82) is 0 Å². The average Bonchev–Trinajstić information content (AvgIpc) is 2.97. The van der Waals surface area contributed by atoms with Crippen LogP contribution in [0.4, 0.5) is 0 Å². The van der Waals surface area contributed by atoms with E-state index in [0.29, 0.717) is 6.54 Å². The molecule has 5 heteroatoms. The highest BCUT2D eigenvalue weighted by Gasteiger charge is 2.31. The van der Waals surface area contributed by atoms with Gasteiger partial charge in [-0.3, -0.25) is 9.67 Å². The number of benzene rings is 1. The van der Waals surface area contributed by atoms with Gasteiger partial charge in [0.15, 0.2) is 0 Å². The van der Waals surface area contributed by atoms with Gasteiger partial charge in [0.25, 0.3) is 0 Å². The second-order valence-corrected chi connectivity index (χ2v) is 5.33. The number of hydrogen-bond donors (Lipinski definition) is 0. The molecule has 0 saturated heterocycles. The van der Waals surface area contributed by atoms with E-state index >= 15 is 0 Å². The molecule has 0 N–H and O–H groups in total. The van der Waals surface area contributed by atoms with Gasteiger partial charge >= 0.3 is 0 Å². The molecule has 0 fully saturated rings. The lowest BCUT2D eigenvalue weighted by Gasteiger charge is -2.30. The highest BCUT2D eigenvalue weighted by molar-refractivity contribution is 6.30. The third-order valence-electron chi connectivity index (χ3n) is 3.52. The minimum Gasteiger partial charge on any atom is -0.288 e. The molecule has 20 heavy (non-hydrogen) atoms. The smallest absolute Gasteiger partial charge is 0.137 e. The molecule has 0 aliphatic heterocycles. The molecular weight excluding hydrogens is 272 g/mol. The summed E-state index contributed by atoms with van der Waals surface area (Å²) in [6, 6.07) is 7.82. The summed E-state index contributed by atoms with van der Waals surface area (Å²) in [5, 5.41) is 4.92. The first-order valence-corrected chi connectivity index (χ1v) is 7.14. The normalized spacial score (nSPS) is 13.9. The van der Waals surface area contributed by atoms with Gasteiger partial charge in [0.1, 0.15) is 18.2 Å². The molecule has 0 aliphatic rings. The number of aliphatic imine (C=N–C) groups is 1. The summed E-state index contributed by atoms with van der Waals surface area (Å²) in [6.07, 6.45) is 6.37. The van der Waals surface area contributed by atoms with Crippen molar-refractivity contribution in [3.05, 3.63) is 47.5 Å². The molecule has 0 bridgehead atoms. The fraction of sp³-hybridized carbons (Fsp3) is 0.400. The summed E-state index contributed by atoms with van der Waals surface area (Å²) in [4.78, 5) is 8.45. The average molecular weight is 291 g/mol. The number of hydrogen-bond acceptors (Lipinski definition) is 3. The number of unbranched alkanes of at least 4 members (excludes halogenated alkanes) is 1. The first-order valence-electron chi connectivity index (χ1n) is 6.76. The lowest BCUT2D eigenvalue weighted by Crippen LogP contribution is -2.30.